The van der Waals surface area contributed by atoms with E-state index in [1.54, 1.807) is 25.2 Å². The number of hydrogen-bond acceptors (Lipinski definition) is 5. The summed E-state index contributed by atoms with van der Waals surface area (Å²) in [5, 5.41) is 11.3. The number of nitrogens with one attached hydrogen (secondary N) is 1. The molecule has 0 aliphatic carbocycles. The number of amides is 1. The molecule has 7 heteroatoms. The van der Waals surface area contributed by atoms with Crippen molar-refractivity contribution in [2.45, 2.75) is 19.8 Å². The summed E-state index contributed by atoms with van der Waals surface area (Å²) in [5.74, 6) is 0.606. The molecular weight excluding hydrogens is 270 g/mol. The Balaban J connectivity index is 2.85. The summed E-state index contributed by atoms with van der Waals surface area (Å²) in [6.45, 7) is 2.06. The van der Waals surface area contributed by atoms with Crippen LogP contribution in [0.25, 0.3) is 0 Å². The fourth-order valence-electron chi connectivity index (χ4n) is 1.88. The van der Waals surface area contributed by atoms with E-state index in [9.17, 15) is 4.79 Å². The van der Waals surface area contributed by atoms with Crippen molar-refractivity contribution < 1.29 is 9.90 Å². The van der Waals surface area contributed by atoms with Gasteiger partial charge in [-0.2, -0.15) is 0 Å². The van der Waals surface area contributed by atoms with E-state index < -0.39 is 0 Å². The summed E-state index contributed by atoms with van der Waals surface area (Å²) in [6, 6.07) is 0. The molecule has 1 aliphatic heterocycles. The van der Waals surface area contributed by atoms with Crippen molar-refractivity contribution in [1.29, 1.82) is 0 Å². The fourth-order valence-corrected chi connectivity index (χ4v) is 1.88. The van der Waals surface area contributed by atoms with E-state index >= 15 is 0 Å². The van der Waals surface area contributed by atoms with Crippen LogP contribution in [0.3, 0.4) is 0 Å². The number of aliphatic imine (C=N–C) groups is 2. The van der Waals surface area contributed by atoms with Gasteiger partial charge in [-0.3, -0.25) is 9.79 Å². The summed E-state index contributed by atoms with van der Waals surface area (Å²) < 4.78 is 0. The van der Waals surface area contributed by atoms with E-state index in [1.165, 1.54) is 0 Å². The molecule has 0 aromatic heterocycles. The second-order valence-electron chi connectivity index (χ2n) is 4.66. The maximum absolute atomic E-state index is 11.9. The van der Waals surface area contributed by atoms with Crippen LogP contribution in [-0.2, 0) is 4.79 Å². The number of allylic oxidation sites excluding steroid dienone is 2. The predicted molar refractivity (Wildman–Crippen MR) is 83.9 cm³/mol. The van der Waals surface area contributed by atoms with Gasteiger partial charge in [-0.15, -0.1) is 0 Å². The smallest absolute Gasteiger partial charge is 0.287 e. The van der Waals surface area contributed by atoms with E-state index in [0.29, 0.717) is 11.5 Å². The number of likely N-dealkylation sites (N-methyl/N-ethyl adjacent to an activating group) is 1. The molecule has 4 N–H and O–H groups in total. The quantitative estimate of drug-likeness (QED) is 0.641. The van der Waals surface area contributed by atoms with Gasteiger partial charge in [-0.25, -0.2) is 4.99 Å². The number of aliphatic hydroxyl groups excluding tert-OH is 1. The van der Waals surface area contributed by atoms with Crippen molar-refractivity contribution in [3.63, 3.8) is 0 Å². The van der Waals surface area contributed by atoms with E-state index in [1.807, 2.05) is 13.0 Å². The molecule has 0 bridgehead atoms. The number of carbonyl (C=O) groups is 1. The van der Waals surface area contributed by atoms with Crippen molar-refractivity contribution in [2.24, 2.45) is 15.7 Å². The number of rotatable bonds is 6. The Kier molecular flexibility index (Phi) is 6.61. The average molecular weight is 293 g/mol. The van der Waals surface area contributed by atoms with Gasteiger partial charge in [0.05, 0.1) is 6.61 Å². The number of hydrogen-bond donors (Lipinski definition) is 3. The van der Waals surface area contributed by atoms with Gasteiger partial charge in [-0.05, 0) is 26.0 Å². The zero-order valence-electron chi connectivity index (χ0n) is 12.8. The van der Waals surface area contributed by atoms with Gasteiger partial charge in [0.2, 0.25) is 5.84 Å². The lowest BCUT2D eigenvalue weighted by atomic mass is 10.1. The molecular formula is C14H23N5O2. The van der Waals surface area contributed by atoms with Gasteiger partial charge >= 0.3 is 0 Å². The molecule has 1 aliphatic rings. The first kappa shape index (κ1) is 16.9. The highest BCUT2D eigenvalue weighted by Crippen LogP contribution is 2.17. The fraction of sp³-hybridized carbons (Fsp3) is 0.500. The molecule has 0 aromatic carbocycles. The van der Waals surface area contributed by atoms with Crippen LogP contribution in [0.15, 0.2) is 33.5 Å². The minimum absolute atomic E-state index is 0.106. The van der Waals surface area contributed by atoms with Gasteiger partial charge in [0.15, 0.2) is 5.84 Å². The molecule has 116 valence electrons. The van der Waals surface area contributed by atoms with Crippen molar-refractivity contribution in [1.82, 2.24) is 10.2 Å². The summed E-state index contributed by atoms with van der Waals surface area (Å²) in [5.41, 5.74) is 7.21. The minimum atomic E-state index is -0.325. The van der Waals surface area contributed by atoms with Crippen LogP contribution in [0.4, 0.5) is 0 Å². The van der Waals surface area contributed by atoms with Crippen LogP contribution in [0, 0.1) is 0 Å². The van der Waals surface area contributed by atoms with Crippen LogP contribution >= 0.6 is 0 Å². The number of nitrogens with two attached hydrogens (primary N) is 1. The van der Waals surface area contributed by atoms with Gasteiger partial charge in [0.25, 0.3) is 5.91 Å². The third-order valence-corrected chi connectivity index (χ3v) is 3.06. The topological polar surface area (TPSA) is 103 Å². The Bertz CT molecular complexity index is 505. The first-order valence-corrected chi connectivity index (χ1v) is 6.81. The van der Waals surface area contributed by atoms with Crippen molar-refractivity contribution in [3.05, 3.63) is 23.5 Å². The highest BCUT2D eigenvalue weighted by atomic mass is 16.3. The Morgan fingerprint density at radius 3 is 2.86 bits per heavy atom. The van der Waals surface area contributed by atoms with Crippen LogP contribution in [-0.4, -0.2) is 54.8 Å². The number of aliphatic hydroxyl groups is 1. The molecule has 0 spiro atoms. The van der Waals surface area contributed by atoms with Crippen molar-refractivity contribution >= 4 is 17.6 Å². The number of amidine groups is 2. The lowest BCUT2D eigenvalue weighted by molar-refractivity contribution is -0.115. The van der Waals surface area contributed by atoms with Gasteiger partial charge in [-0.1, -0.05) is 11.6 Å². The third kappa shape index (κ3) is 4.42. The Morgan fingerprint density at radius 2 is 2.29 bits per heavy atom. The first-order valence-electron chi connectivity index (χ1n) is 6.81. The summed E-state index contributed by atoms with van der Waals surface area (Å²) in [7, 11) is 3.40. The van der Waals surface area contributed by atoms with Crippen molar-refractivity contribution in [3.8, 4) is 0 Å². The molecule has 0 saturated carbocycles. The normalized spacial score (nSPS) is 19.3. The minimum Gasteiger partial charge on any atom is -0.405 e. The summed E-state index contributed by atoms with van der Waals surface area (Å²) >= 11 is 0. The zero-order chi connectivity index (χ0) is 15.8. The molecule has 7 nitrogen and oxygen atoms in total. The molecule has 0 unspecified atom stereocenters. The molecule has 1 rings (SSSR count). The second-order valence-corrected chi connectivity index (χ2v) is 4.66. The maximum atomic E-state index is 11.9. The van der Waals surface area contributed by atoms with Crippen LogP contribution < -0.4 is 11.1 Å². The Morgan fingerprint density at radius 1 is 1.57 bits per heavy atom. The molecule has 1 heterocycles. The van der Waals surface area contributed by atoms with E-state index in [4.69, 9.17) is 10.8 Å². The highest BCUT2D eigenvalue weighted by Gasteiger charge is 2.28. The van der Waals surface area contributed by atoms with Gasteiger partial charge < -0.3 is 21.1 Å². The predicted octanol–water partition coefficient (Wildman–Crippen LogP) is -0.00630. The van der Waals surface area contributed by atoms with Crippen LogP contribution in [0.2, 0.25) is 0 Å². The molecule has 0 fully saturated rings. The van der Waals surface area contributed by atoms with E-state index in [0.717, 1.165) is 18.4 Å². The Labute approximate surface area is 124 Å². The SMILES string of the molecule is CN=C1/C(=C\CC/C(C)=C/N)N=C(C(=O)NCCO)N1C. The molecule has 0 radical (unpaired) electrons. The van der Waals surface area contributed by atoms with Crippen LogP contribution in [0.5, 0.6) is 0 Å². The highest BCUT2D eigenvalue weighted by molar-refractivity contribution is 6.43. The molecule has 0 aromatic rings. The zero-order valence-corrected chi connectivity index (χ0v) is 12.8. The average Bonchev–Trinajstić information content (AvgIpc) is 2.80. The molecule has 0 atom stereocenters. The monoisotopic (exact) mass is 293 g/mol. The molecule has 21 heavy (non-hydrogen) atoms. The number of nitrogens with zero attached hydrogens (tertiary/aromatic N) is 3. The standard InChI is InChI=1S/C14H23N5O2/c1-10(9-15)5-4-6-11-12(16-2)19(3)13(18-11)14(21)17-7-8-20/h6,9,20H,4-5,7-8,15H2,1-3H3,(H,17,21)/b10-9+,11-6+,16-12?. The van der Waals surface area contributed by atoms with Gasteiger partial charge in [0.1, 0.15) is 5.70 Å². The molecule has 0 saturated heterocycles. The van der Waals surface area contributed by atoms with E-state index in [-0.39, 0.29) is 24.9 Å². The van der Waals surface area contributed by atoms with Crippen LogP contribution in [0.1, 0.15) is 19.8 Å². The summed E-state index contributed by atoms with van der Waals surface area (Å²) in [4.78, 5) is 22.1. The maximum Gasteiger partial charge on any atom is 0.287 e. The number of carbonyl (C=O) groups excluding carboxylic acids is 1. The lowest BCUT2D eigenvalue weighted by Crippen LogP contribution is -2.41. The van der Waals surface area contributed by atoms with Crippen molar-refractivity contribution in [2.75, 3.05) is 27.2 Å². The Hall–Kier alpha value is -2.15. The molecule has 1 amide bonds. The lowest BCUT2D eigenvalue weighted by Gasteiger charge is -2.13. The summed E-state index contributed by atoms with van der Waals surface area (Å²) in [6.07, 6.45) is 5.14. The largest absolute Gasteiger partial charge is 0.405 e. The van der Waals surface area contributed by atoms with E-state index in [2.05, 4.69) is 15.3 Å². The third-order valence-electron chi connectivity index (χ3n) is 3.06. The second kappa shape index (κ2) is 8.21. The first-order chi connectivity index (χ1) is 10.0. The van der Waals surface area contributed by atoms with Gasteiger partial charge in [0, 0.05) is 20.6 Å².